The number of nitrogens with one attached hydrogen (secondary N) is 2. The molecule has 0 saturated carbocycles. The first kappa shape index (κ1) is 23.7. The van der Waals surface area contributed by atoms with Gasteiger partial charge >= 0.3 is 11.8 Å². The number of carbonyl (C=O) groups excluding carboxylic acids is 1. The number of carbonyl (C=O) groups is 1. The maximum Gasteiger partial charge on any atom is 0.408 e. The lowest BCUT2D eigenvalue weighted by atomic mass is 10.0. The van der Waals surface area contributed by atoms with Crippen LogP contribution in [0.15, 0.2) is 46.1 Å². The number of benzene rings is 1. The number of hydroxylamine groups is 2. The minimum Gasteiger partial charge on any atom is -0.444 e. The van der Waals surface area contributed by atoms with Crippen LogP contribution in [0, 0.1) is 6.92 Å². The molecule has 174 valence electrons. The monoisotopic (exact) mass is 446 g/mol. The summed E-state index contributed by atoms with van der Waals surface area (Å²) >= 11 is 0. The van der Waals surface area contributed by atoms with Gasteiger partial charge in [-0.1, -0.05) is 30.3 Å². The second kappa shape index (κ2) is 9.68. The van der Waals surface area contributed by atoms with Crippen LogP contribution in [0.2, 0.25) is 0 Å². The Bertz CT molecular complexity index is 1040. The Morgan fingerprint density at radius 2 is 2.00 bits per heavy atom. The average molecular weight is 447 g/mol. The van der Waals surface area contributed by atoms with Gasteiger partial charge in [0.05, 0.1) is 18.7 Å². The summed E-state index contributed by atoms with van der Waals surface area (Å²) in [6, 6.07) is 8.39. The number of aliphatic hydroxyl groups is 1. The van der Waals surface area contributed by atoms with Crippen molar-refractivity contribution in [3.05, 3.63) is 68.5 Å². The molecule has 0 radical (unpaired) electrons. The fraction of sp³-hybridized carbons (Fsp3) is 0.500. The number of amides is 1. The largest absolute Gasteiger partial charge is 0.444 e. The summed E-state index contributed by atoms with van der Waals surface area (Å²) in [7, 11) is 0. The minimum atomic E-state index is -0.721. The lowest BCUT2D eigenvalue weighted by Gasteiger charge is -2.30. The summed E-state index contributed by atoms with van der Waals surface area (Å²) < 4.78 is 6.64. The molecule has 3 rings (SSSR count). The van der Waals surface area contributed by atoms with Gasteiger partial charge < -0.3 is 15.2 Å². The highest BCUT2D eigenvalue weighted by Crippen LogP contribution is 2.31. The standard InChI is InChI=1S/C22H30N4O6/c1-14-11-25(20(29)24-19(14)28)18-10-17(16(13-27)23-21(30)31-22(2,3)4)26(32-18)12-15-8-6-5-7-9-15/h5-9,11,16-18,27H,10,12-13H2,1-4H3,(H,23,30)(H,24,28,29)/t16-,17-,18+/m1/s1. The third-order valence-electron chi connectivity index (χ3n) is 5.07. The van der Waals surface area contributed by atoms with Crippen molar-refractivity contribution in [2.45, 2.75) is 64.6 Å². The van der Waals surface area contributed by atoms with Gasteiger partial charge in [0.2, 0.25) is 0 Å². The van der Waals surface area contributed by atoms with Crippen LogP contribution in [0.4, 0.5) is 4.79 Å². The first-order valence-electron chi connectivity index (χ1n) is 10.5. The maximum absolute atomic E-state index is 12.4. The van der Waals surface area contributed by atoms with Crippen LogP contribution in [0.5, 0.6) is 0 Å². The van der Waals surface area contributed by atoms with Gasteiger partial charge in [-0.25, -0.2) is 9.59 Å². The first-order chi connectivity index (χ1) is 15.1. The van der Waals surface area contributed by atoms with E-state index in [0.717, 1.165) is 5.56 Å². The Labute approximate surface area is 185 Å². The lowest BCUT2D eigenvalue weighted by molar-refractivity contribution is -0.194. The van der Waals surface area contributed by atoms with Crippen molar-refractivity contribution >= 4 is 6.09 Å². The van der Waals surface area contributed by atoms with Crippen molar-refractivity contribution in [2.24, 2.45) is 0 Å². The molecule has 2 aromatic rings. The van der Waals surface area contributed by atoms with E-state index in [4.69, 9.17) is 9.57 Å². The number of aromatic amines is 1. The fourth-order valence-electron chi connectivity index (χ4n) is 3.57. The third kappa shape index (κ3) is 5.84. The maximum atomic E-state index is 12.4. The molecule has 0 bridgehead atoms. The van der Waals surface area contributed by atoms with E-state index < -0.39 is 41.3 Å². The zero-order valence-corrected chi connectivity index (χ0v) is 18.7. The Balaban J connectivity index is 1.87. The zero-order valence-electron chi connectivity index (χ0n) is 18.7. The number of hydrogen-bond acceptors (Lipinski definition) is 7. The van der Waals surface area contributed by atoms with Crippen LogP contribution < -0.4 is 16.6 Å². The van der Waals surface area contributed by atoms with Gasteiger partial charge in [-0.3, -0.25) is 19.2 Å². The van der Waals surface area contributed by atoms with Gasteiger partial charge in [0.15, 0.2) is 6.23 Å². The molecule has 32 heavy (non-hydrogen) atoms. The molecule has 0 aliphatic carbocycles. The smallest absolute Gasteiger partial charge is 0.408 e. The van der Waals surface area contributed by atoms with Gasteiger partial charge in [-0.2, -0.15) is 5.06 Å². The molecular formula is C22H30N4O6. The first-order valence-corrected chi connectivity index (χ1v) is 10.5. The molecule has 1 aromatic heterocycles. The number of nitrogens with zero attached hydrogens (tertiary/aromatic N) is 2. The lowest BCUT2D eigenvalue weighted by Crippen LogP contribution is -2.51. The molecular weight excluding hydrogens is 416 g/mol. The average Bonchev–Trinajstić information content (AvgIpc) is 3.11. The van der Waals surface area contributed by atoms with Crippen molar-refractivity contribution in [1.82, 2.24) is 19.9 Å². The molecule has 3 atom stereocenters. The fourth-order valence-corrected chi connectivity index (χ4v) is 3.57. The predicted octanol–water partition coefficient (Wildman–Crippen LogP) is 1.44. The van der Waals surface area contributed by atoms with E-state index >= 15 is 0 Å². The number of H-pyrrole nitrogens is 1. The van der Waals surface area contributed by atoms with Gasteiger partial charge in [0.25, 0.3) is 5.56 Å². The van der Waals surface area contributed by atoms with E-state index in [1.165, 1.54) is 10.8 Å². The van der Waals surface area contributed by atoms with Crippen molar-refractivity contribution in [3.63, 3.8) is 0 Å². The van der Waals surface area contributed by atoms with Crippen LogP contribution in [0.25, 0.3) is 0 Å². The van der Waals surface area contributed by atoms with E-state index in [0.29, 0.717) is 18.5 Å². The van der Waals surface area contributed by atoms with Gasteiger partial charge in [0.1, 0.15) is 5.60 Å². The van der Waals surface area contributed by atoms with Crippen LogP contribution in [0.3, 0.4) is 0 Å². The molecule has 1 aliphatic heterocycles. The molecule has 1 saturated heterocycles. The summed E-state index contributed by atoms with van der Waals surface area (Å²) in [5.74, 6) is 0. The molecule has 1 fully saturated rings. The second-order valence-corrected chi connectivity index (χ2v) is 8.84. The number of aryl methyl sites for hydroxylation is 1. The van der Waals surface area contributed by atoms with E-state index in [1.54, 1.807) is 32.8 Å². The van der Waals surface area contributed by atoms with Gasteiger partial charge in [-0.05, 0) is 33.3 Å². The molecule has 1 amide bonds. The minimum absolute atomic E-state index is 0.291. The van der Waals surface area contributed by atoms with Crippen LogP contribution in [-0.4, -0.2) is 50.1 Å². The van der Waals surface area contributed by atoms with Crippen LogP contribution >= 0.6 is 0 Å². The summed E-state index contributed by atoms with van der Waals surface area (Å²) in [6.45, 7) is 6.87. The number of hydrogen-bond donors (Lipinski definition) is 3. The number of rotatable bonds is 6. The molecule has 10 heteroatoms. The number of aromatic nitrogens is 2. The Hall–Kier alpha value is -2.95. The zero-order chi connectivity index (χ0) is 23.5. The number of ether oxygens (including phenoxy) is 1. The molecule has 0 unspecified atom stereocenters. The Morgan fingerprint density at radius 1 is 1.31 bits per heavy atom. The molecule has 0 spiro atoms. The van der Waals surface area contributed by atoms with Crippen molar-refractivity contribution < 1.29 is 19.5 Å². The van der Waals surface area contributed by atoms with Crippen molar-refractivity contribution in [3.8, 4) is 0 Å². The van der Waals surface area contributed by atoms with Crippen molar-refractivity contribution in [1.29, 1.82) is 0 Å². The number of aliphatic hydroxyl groups excluding tert-OH is 1. The second-order valence-electron chi connectivity index (χ2n) is 8.84. The predicted molar refractivity (Wildman–Crippen MR) is 117 cm³/mol. The quantitative estimate of drug-likeness (QED) is 0.613. The van der Waals surface area contributed by atoms with Crippen LogP contribution in [-0.2, 0) is 16.1 Å². The molecule has 1 aliphatic rings. The molecule has 10 nitrogen and oxygen atoms in total. The van der Waals surface area contributed by atoms with E-state index in [2.05, 4.69) is 10.3 Å². The highest BCUT2D eigenvalue weighted by Gasteiger charge is 2.40. The summed E-state index contributed by atoms with van der Waals surface area (Å²) in [5.41, 5.74) is -0.411. The summed E-state index contributed by atoms with van der Waals surface area (Å²) in [6.07, 6.45) is 0.363. The summed E-state index contributed by atoms with van der Waals surface area (Å²) in [4.78, 5) is 44.8. The molecule has 2 heterocycles. The van der Waals surface area contributed by atoms with Crippen molar-refractivity contribution in [2.75, 3.05) is 6.61 Å². The molecule has 3 N–H and O–H groups in total. The highest BCUT2D eigenvalue weighted by molar-refractivity contribution is 5.68. The van der Waals surface area contributed by atoms with Crippen LogP contribution in [0.1, 0.15) is 44.5 Å². The number of alkyl carbamates (subject to hydrolysis) is 1. The summed E-state index contributed by atoms with van der Waals surface area (Å²) in [5, 5.41) is 14.4. The highest BCUT2D eigenvalue weighted by atomic mass is 16.7. The SMILES string of the molecule is Cc1cn([C@@H]2C[C@H]([C@@H](CO)NC(=O)OC(C)(C)C)N(Cc3ccccc3)O2)c(=O)[nH]c1=O. The third-order valence-corrected chi connectivity index (χ3v) is 5.07. The normalized spacial score (nSPS) is 20.2. The van der Waals surface area contributed by atoms with E-state index in [9.17, 15) is 19.5 Å². The Morgan fingerprint density at radius 3 is 2.62 bits per heavy atom. The van der Waals surface area contributed by atoms with Gasteiger partial charge in [-0.15, -0.1) is 0 Å². The van der Waals surface area contributed by atoms with E-state index in [1.807, 2.05) is 30.3 Å². The topological polar surface area (TPSA) is 126 Å². The van der Waals surface area contributed by atoms with Gasteiger partial charge in [0, 0.05) is 24.7 Å². The Kier molecular flexibility index (Phi) is 7.17. The molecule has 1 aromatic carbocycles. The van der Waals surface area contributed by atoms with E-state index in [-0.39, 0.29) is 6.61 Å².